The van der Waals surface area contributed by atoms with Crippen molar-refractivity contribution in [1.82, 2.24) is 14.9 Å². The van der Waals surface area contributed by atoms with Gasteiger partial charge in [0.15, 0.2) is 0 Å². The summed E-state index contributed by atoms with van der Waals surface area (Å²) in [5.74, 6) is 0.274. The smallest absolute Gasteiger partial charge is 0.253 e. The lowest BCUT2D eigenvalue weighted by Crippen LogP contribution is -2.41. The van der Waals surface area contributed by atoms with Gasteiger partial charge in [-0.05, 0) is 50.8 Å². The third kappa shape index (κ3) is 5.68. The van der Waals surface area contributed by atoms with Gasteiger partial charge in [0.2, 0.25) is 15.9 Å². The molecule has 0 radical (unpaired) electrons. The van der Waals surface area contributed by atoms with Crippen LogP contribution in [0.4, 0.5) is 0 Å². The number of amides is 2. The molecule has 0 spiro atoms. The lowest BCUT2D eigenvalue weighted by Gasteiger charge is -2.32. The summed E-state index contributed by atoms with van der Waals surface area (Å²) in [6.07, 6.45) is 1.59. The number of carbonyl (C=O) groups is 2. The molecule has 1 aliphatic heterocycles. The van der Waals surface area contributed by atoms with E-state index in [1.54, 1.807) is 24.8 Å². The van der Waals surface area contributed by atoms with Crippen molar-refractivity contribution < 1.29 is 22.7 Å². The van der Waals surface area contributed by atoms with E-state index < -0.39 is 10.0 Å². The predicted molar refractivity (Wildman–Crippen MR) is 106 cm³/mol. The third-order valence-electron chi connectivity index (χ3n) is 4.63. The van der Waals surface area contributed by atoms with Crippen LogP contribution in [0.2, 0.25) is 0 Å². The summed E-state index contributed by atoms with van der Waals surface area (Å²) in [4.78, 5) is 25.6. The maximum absolute atomic E-state index is 12.9. The molecule has 2 rings (SSSR count). The second-order valence-corrected chi connectivity index (χ2v) is 9.00. The van der Waals surface area contributed by atoms with Crippen LogP contribution in [0.25, 0.3) is 0 Å². The molecule has 1 saturated heterocycles. The SMILES string of the molecule is COc1ccc(C(=O)N2CCC(CNC(C)=O)CC2)cc1S(=O)(=O)NC(C)C. The summed E-state index contributed by atoms with van der Waals surface area (Å²) < 4.78 is 32.9. The van der Waals surface area contributed by atoms with Crippen LogP contribution < -0.4 is 14.8 Å². The zero-order valence-electron chi connectivity index (χ0n) is 16.8. The highest BCUT2D eigenvalue weighted by Gasteiger charge is 2.27. The first kappa shape index (κ1) is 22.2. The number of methoxy groups -OCH3 is 1. The van der Waals surface area contributed by atoms with E-state index in [1.165, 1.54) is 26.2 Å². The molecule has 0 saturated carbocycles. The summed E-state index contributed by atoms with van der Waals surface area (Å²) in [7, 11) is -2.41. The van der Waals surface area contributed by atoms with Gasteiger partial charge in [-0.1, -0.05) is 0 Å². The summed E-state index contributed by atoms with van der Waals surface area (Å²) in [6.45, 7) is 6.70. The van der Waals surface area contributed by atoms with E-state index in [4.69, 9.17) is 4.74 Å². The molecule has 8 nitrogen and oxygen atoms in total. The number of sulfonamides is 1. The highest BCUT2D eigenvalue weighted by atomic mass is 32.2. The Morgan fingerprint density at radius 2 is 1.89 bits per heavy atom. The Morgan fingerprint density at radius 3 is 2.43 bits per heavy atom. The van der Waals surface area contributed by atoms with Crippen molar-refractivity contribution in [3.63, 3.8) is 0 Å². The third-order valence-corrected chi connectivity index (χ3v) is 6.31. The number of benzene rings is 1. The number of likely N-dealkylation sites (tertiary alicyclic amines) is 1. The number of nitrogens with zero attached hydrogens (tertiary/aromatic N) is 1. The Hall–Kier alpha value is -2.13. The summed E-state index contributed by atoms with van der Waals surface area (Å²) in [5, 5.41) is 2.81. The number of carbonyl (C=O) groups excluding carboxylic acids is 2. The van der Waals surface area contributed by atoms with E-state index in [0.29, 0.717) is 31.1 Å². The van der Waals surface area contributed by atoms with Crippen molar-refractivity contribution in [2.75, 3.05) is 26.7 Å². The van der Waals surface area contributed by atoms with Crippen molar-refractivity contribution in [3.05, 3.63) is 23.8 Å². The molecule has 2 N–H and O–H groups in total. The minimum atomic E-state index is -3.80. The standard InChI is InChI=1S/C19H29N3O5S/c1-13(2)21-28(25,26)18-11-16(5-6-17(18)27-4)19(24)22-9-7-15(8-10-22)12-20-14(3)23/h5-6,11,13,15,21H,7-10,12H2,1-4H3,(H,20,23). The van der Waals surface area contributed by atoms with Gasteiger partial charge >= 0.3 is 0 Å². The fourth-order valence-corrected chi connectivity index (χ4v) is 4.65. The van der Waals surface area contributed by atoms with Gasteiger partial charge in [-0.25, -0.2) is 13.1 Å². The molecule has 0 unspecified atom stereocenters. The van der Waals surface area contributed by atoms with Crippen molar-refractivity contribution in [2.45, 2.75) is 44.6 Å². The first-order valence-electron chi connectivity index (χ1n) is 9.38. The normalized spacial score (nSPS) is 15.5. The van der Waals surface area contributed by atoms with Gasteiger partial charge in [0.25, 0.3) is 5.91 Å². The number of ether oxygens (including phenoxy) is 1. The maximum Gasteiger partial charge on any atom is 0.253 e. The molecule has 0 aromatic heterocycles. The van der Waals surface area contributed by atoms with Gasteiger partial charge in [-0.15, -0.1) is 0 Å². The van der Waals surface area contributed by atoms with E-state index in [1.807, 2.05) is 0 Å². The fraction of sp³-hybridized carbons (Fsp3) is 0.579. The van der Waals surface area contributed by atoms with Crippen LogP contribution >= 0.6 is 0 Å². The molecule has 1 aliphatic rings. The second-order valence-electron chi connectivity index (χ2n) is 7.31. The van der Waals surface area contributed by atoms with Gasteiger partial charge in [0.05, 0.1) is 7.11 Å². The molecule has 9 heteroatoms. The minimum Gasteiger partial charge on any atom is -0.495 e. The predicted octanol–water partition coefficient (Wildman–Crippen LogP) is 1.37. The number of hydrogen-bond acceptors (Lipinski definition) is 5. The number of rotatable bonds is 7. The van der Waals surface area contributed by atoms with Crippen LogP contribution in [0, 0.1) is 5.92 Å². The highest BCUT2D eigenvalue weighted by Crippen LogP contribution is 2.26. The average Bonchev–Trinajstić information content (AvgIpc) is 2.64. The molecular formula is C19H29N3O5S. The Bertz CT molecular complexity index is 815. The molecular weight excluding hydrogens is 382 g/mol. The minimum absolute atomic E-state index is 0.0462. The van der Waals surface area contributed by atoms with Crippen molar-refractivity contribution in [2.24, 2.45) is 5.92 Å². The Balaban J connectivity index is 2.14. The molecule has 156 valence electrons. The average molecular weight is 412 g/mol. The molecule has 1 aromatic rings. The number of nitrogens with one attached hydrogen (secondary N) is 2. The molecule has 28 heavy (non-hydrogen) atoms. The van der Waals surface area contributed by atoms with Gasteiger partial charge in [0.1, 0.15) is 10.6 Å². The molecule has 0 aliphatic carbocycles. The first-order valence-corrected chi connectivity index (χ1v) is 10.9. The van der Waals surface area contributed by atoms with Gasteiger partial charge < -0.3 is 15.0 Å². The monoisotopic (exact) mass is 411 g/mol. The van der Waals surface area contributed by atoms with E-state index >= 15 is 0 Å². The van der Waals surface area contributed by atoms with Gasteiger partial charge in [-0.2, -0.15) is 0 Å². The van der Waals surface area contributed by atoms with Crippen LogP contribution in [0.3, 0.4) is 0 Å². The summed E-state index contributed by atoms with van der Waals surface area (Å²) >= 11 is 0. The Morgan fingerprint density at radius 1 is 1.25 bits per heavy atom. The maximum atomic E-state index is 12.9. The van der Waals surface area contributed by atoms with Crippen LogP contribution in [0.1, 0.15) is 44.0 Å². The lowest BCUT2D eigenvalue weighted by molar-refractivity contribution is -0.119. The van der Waals surface area contributed by atoms with Crippen LogP contribution in [-0.4, -0.2) is 57.9 Å². The van der Waals surface area contributed by atoms with E-state index in [9.17, 15) is 18.0 Å². The first-order chi connectivity index (χ1) is 13.1. The van der Waals surface area contributed by atoms with Crippen molar-refractivity contribution in [3.8, 4) is 5.75 Å². The summed E-state index contributed by atoms with van der Waals surface area (Å²) in [5.41, 5.74) is 0.310. The second kappa shape index (κ2) is 9.38. The zero-order chi connectivity index (χ0) is 20.9. The molecule has 0 bridgehead atoms. The van der Waals surface area contributed by atoms with Gasteiger partial charge in [0, 0.05) is 38.2 Å². The van der Waals surface area contributed by atoms with E-state index in [2.05, 4.69) is 10.0 Å². The Kier molecular flexibility index (Phi) is 7.42. The topological polar surface area (TPSA) is 105 Å². The lowest BCUT2D eigenvalue weighted by atomic mass is 9.96. The summed E-state index contributed by atoms with van der Waals surface area (Å²) in [6, 6.07) is 4.18. The van der Waals surface area contributed by atoms with E-state index in [-0.39, 0.29) is 28.5 Å². The van der Waals surface area contributed by atoms with Crippen LogP contribution in [-0.2, 0) is 14.8 Å². The molecule has 1 aromatic carbocycles. The van der Waals surface area contributed by atoms with Crippen LogP contribution in [0.15, 0.2) is 23.1 Å². The van der Waals surface area contributed by atoms with Crippen LogP contribution in [0.5, 0.6) is 5.75 Å². The quantitative estimate of drug-likeness (QED) is 0.705. The van der Waals surface area contributed by atoms with E-state index in [0.717, 1.165) is 12.8 Å². The van der Waals surface area contributed by atoms with Crippen molar-refractivity contribution >= 4 is 21.8 Å². The number of piperidine rings is 1. The zero-order valence-corrected chi connectivity index (χ0v) is 17.6. The molecule has 1 heterocycles. The fourth-order valence-electron chi connectivity index (χ4n) is 3.20. The van der Waals surface area contributed by atoms with Crippen molar-refractivity contribution in [1.29, 1.82) is 0 Å². The molecule has 2 amide bonds. The largest absolute Gasteiger partial charge is 0.495 e. The molecule has 1 fully saturated rings. The molecule has 0 atom stereocenters. The number of hydrogen-bond donors (Lipinski definition) is 2. The Labute approximate surface area is 166 Å². The highest BCUT2D eigenvalue weighted by molar-refractivity contribution is 7.89. The van der Waals surface area contributed by atoms with Gasteiger partial charge in [-0.3, -0.25) is 9.59 Å².